The number of hydrogen-bond acceptors (Lipinski definition) is 3. The van der Waals surface area contributed by atoms with Gasteiger partial charge in [-0.1, -0.05) is 6.08 Å². The number of nitrogens with one attached hydrogen (secondary N) is 1. The van der Waals surface area contributed by atoms with Crippen LogP contribution >= 0.6 is 11.3 Å². The molecular weight excluding hydrogens is 156 g/mol. The minimum atomic E-state index is 0.372. The molecule has 0 aromatic carbocycles. The third-order valence-corrected chi connectivity index (χ3v) is 2.21. The predicted octanol–water partition coefficient (Wildman–Crippen LogP) is 1.81. The zero-order chi connectivity index (χ0) is 8.10. The van der Waals surface area contributed by atoms with Crippen molar-refractivity contribution in [2.24, 2.45) is 0 Å². The molecule has 1 atom stereocenters. The van der Waals surface area contributed by atoms with Crippen LogP contribution in [-0.2, 0) is 6.54 Å². The van der Waals surface area contributed by atoms with Crippen molar-refractivity contribution in [3.8, 4) is 0 Å². The summed E-state index contributed by atoms with van der Waals surface area (Å²) in [5, 5.41) is 3.29. The number of hydrogen-bond donors (Lipinski definition) is 1. The van der Waals surface area contributed by atoms with Gasteiger partial charge >= 0.3 is 0 Å². The highest BCUT2D eigenvalue weighted by Crippen LogP contribution is 2.04. The van der Waals surface area contributed by atoms with Gasteiger partial charge in [0, 0.05) is 23.7 Å². The molecule has 0 aliphatic heterocycles. The second-order valence-electron chi connectivity index (χ2n) is 2.37. The lowest BCUT2D eigenvalue weighted by Gasteiger charge is -2.05. The van der Waals surface area contributed by atoms with E-state index < -0.39 is 0 Å². The molecule has 0 aliphatic carbocycles. The van der Waals surface area contributed by atoms with Crippen LogP contribution in [0, 0.1) is 0 Å². The number of rotatable bonds is 4. The molecular formula is C8H12N2S. The van der Waals surface area contributed by atoms with Gasteiger partial charge in [-0.25, -0.2) is 0 Å². The van der Waals surface area contributed by atoms with Crippen molar-refractivity contribution in [3.05, 3.63) is 29.2 Å². The first-order chi connectivity index (χ1) is 5.33. The minimum absolute atomic E-state index is 0.372. The Kier molecular flexibility index (Phi) is 3.26. The lowest BCUT2D eigenvalue weighted by Crippen LogP contribution is -2.22. The van der Waals surface area contributed by atoms with E-state index in [0.717, 1.165) is 6.54 Å². The van der Waals surface area contributed by atoms with E-state index in [1.54, 1.807) is 11.3 Å². The Labute approximate surface area is 71.0 Å². The highest BCUT2D eigenvalue weighted by molar-refractivity contribution is 7.09. The number of nitrogens with zero attached hydrogens (tertiary/aromatic N) is 1. The quantitative estimate of drug-likeness (QED) is 0.693. The van der Waals surface area contributed by atoms with Gasteiger partial charge < -0.3 is 5.32 Å². The normalized spacial score (nSPS) is 12.8. The molecule has 1 N–H and O–H groups in total. The Bertz CT molecular complexity index is 206. The Morgan fingerprint density at radius 2 is 2.73 bits per heavy atom. The van der Waals surface area contributed by atoms with Crippen LogP contribution in [0.4, 0.5) is 0 Å². The van der Waals surface area contributed by atoms with Crippen molar-refractivity contribution in [1.82, 2.24) is 10.3 Å². The van der Waals surface area contributed by atoms with E-state index in [-0.39, 0.29) is 0 Å². The molecule has 0 spiro atoms. The molecule has 0 aliphatic rings. The van der Waals surface area contributed by atoms with Crippen LogP contribution in [0.3, 0.4) is 0 Å². The molecule has 11 heavy (non-hydrogen) atoms. The van der Waals surface area contributed by atoms with Crippen LogP contribution in [0.5, 0.6) is 0 Å². The van der Waals surface area contributed by atoms with E-state index in [2.05, 4.69) is 23.8 Å². The first-order valence-corrected chi connectivity index (χ1v) is 4.44. The molecule has 0 radical (unpaired) electrons. The first kappa shape index (κ1) is 8.43. The largest absolute Gasteiger partial charge is 0.306 e. The monoisotopic (exact) mass is 168 g/mol. The van der Waals surface area contributed by atoms with Crippen LogP contribution in [0.1, 0.15) is 11.8 Å². The van der Waals surface area contributed by atoms with E-state index in [0.29, 0.717) is 6.04 Å². The Hall–Kier alpha value is -0.670. The minimum Gasteiger partial charge on any atom is -0.306 e. The van der Waals surface area contributed by atoms with Crippen molar-refractivity contribution in [3.63, 3.8) is 0 Å². The van der Waals surface area contributed by atoms with Crippen molar-refractivity contribution < 1.29 is 0 Å². The summed E-state index contributed by atoms with van der Waals surface area (Å²) in [5.74, 6) is 0. The van der Waals surface area contributed by atoms with Crippen LogP contribution < -0.4 is 5.32 Å². The molecule has 1 aromatic rings. The highest BCUT2D eigenvalue weighted by Gasteiger charge is 1.96. The molecule has 0 bridgehead atoms. The van der Waals surface area contributed by atoms with Crippen LogP contribution in [0.2, 0.25) is 0 Å². The summed E-state index contributed by atoms with van der Waals surface area (Å²) in [6.45, 7) is 6.65. The van der Waals surface area contributed by atoms with Crippen molar-refractivity contribution in [2.75, 3.05) is 0 Å². The van der Waals surface area contributed by atoms with Crippen LogP contribution in [-0.4, -0.2) is 11.0 Å². The molecule has 2 nitrogen and oxygen atoms in total. The van der Waals surface area contributed by atoms with Gasteiger partial charge in [-0.2, -0.15) is 0 Å². The van der Waals surface area contributed by atoms with E-state index in [4.69, 9.17) is 0 Å². The molecule has 1 unspecified atom stereocenters. The molecule has 1 heterocycles. The maximum absolute atomic E-state index is 3.98. The summed E-state index contributed by atoms with van der Waals surface area (Å²) in [4.78, 5) is 5.24. The molecule has 3 heteroatoms. The van der Waals surface area contributed by atoms with Gasteiger partial charge in [0.15, 0.2) is 0 Å². The fourth-order valence-corrected chi connectivity index (χ4v) is 1.22. The summed E-state index contributed by atoms with van der Waals surface area (Å²) in [5.41, 5.74) is 1.84. The first-order valence-electron chi connectivity index (χ1n) is 3.56. The molecule has 1 rings (SSSR count). The van der Waals surface area contributed by atoms with Gasteiger partial charge in [0.05, 0.1) is 5.51 Å². The van der Waals surface area contributed by atoms with E-state index >= 15 is 0 Å². The standard InChI is InChI=1S/C8H12N2S/c1-3-7(2)10-5-8-4-9-6-11-8/h3-4,6-7,10H,1,5H2,2H3. The molecule has 0 fully saturated rings. The third-order valence-electron chi connectivity index (χ3n) is 1.44. The van der Waals surface area contributed by atoms with Gasteiger partial charge in [-0.05, 0) is 6.92 Å². The van der Waals surface area contributed by atoms with Gasteiger partial charge in [0.25, 0.3) is 0 Å². The smallest absolute Gasteiger partial charge is 0.0794 e. The predicted molar refractivity (Wildman–Crippen MR) is 48.6 cm³/mol. The fraction of sp³-hybridized carbons (Fsp3) is 0.375. The topological polar surface area (TPSA) is 24.9 Å². The number of aromatic nitrogens is 1. The molecule has 0 saturated heterocycles. The Morgan fingerprint density at radius 1 is 1.91 bits per heavy atom. The summed E-state index contributed by atoms with van der Waals surface area (Å²) in [7, 11) is 0. The average Bonchev–Trinajstić information content (AvgIpc) is 2.52. The van der Waals surface area contributed by atoms with Crippen LogP contribution in [0.15, 0.2) is 24.4 Å². The lowest BCUT2D eigenvalue weighted by molar-refractivity contribution is 0.639. The van der Waals surface area contributed by atoms with Crippen LogP contribution in [0.25, 0.3) is 0 Å². The summed E-state index contributed by atoms with van der Waals surface area (Å²) >= 11 is 1.67. The van der Waals surface area contributed by atoms with E-state index in [1.807, 2.05) is 17.8 Å². The lowest BCUT2D eigenvalue weighted by atomic mass is 10.3. The van der Waals surface area contributed by atoms with Crippen molar-refractivity contribution in [1.29, 1.82) is 0 Å². The van der Waals surface area contributed by atoms with Crippen molar-refractivity contribution in [2.45, 2.75) is 19.5 Å². The number of thiazole rings is 1. The fourth-order valence-electron chi connectivity index (χ4n) is 0.674. The van der Waals surface area contributed by atoms with Gasteiger partial charge in [0.2, 0.25) is 0 Å². The summed E-state index contributed by atoms with van der Waals surface area (Å²) in [6.07, 6.45) is 3.77. The zero-order valence-electron chi connectivity index (χ0n) is 6.58. The Balaban J connectivity index is 2.28. The maximum Gasteiger partial charge on any atom is 0.0794 e. The van der Waals surface area contributed by atoms with Gasteiger partial charge in [-0.15, -0.1) is 17.9 Å². The molecule has 0 amide bonds. The molecule has 0 saturated carbocycles. The van der Waals surface area contributed by atoms with Gasteiger partial charge in [-0.3, -0.25) is 4.98 Å². The maximum atomic E-state index is 3.98. The van der Waals surface area contributed by atoms with Crippen molar-refractivity contribution >= 4 is 11.3 Å². The molecule has 60 valence electrons. The molecule has 1 aromatic heterocycles. The second-order valence-corrected chi connectivity index (χ2v) is 3.34. The summed E-state index contributed by atoms with van der Waals surface area (Å²) in [6, 6.07) is 0.372. The van der Waals surface area contributed by atoms with E-state index in [1.165, 1.54) is 4.88 Å². The average molecular weight is 168 g/mol. The third kappa shape index (κ3) is 2.82. The SMILES string of the molecule is C=CC(C)NCc1cncs1. The highest BCUT2D eigenvalue weighted by atomic mass is 32.1. The van der Waals surface area contributed by atoms with E-state index in [9.17, 15) is 0 Å². The summed E-state index contributed by atoms with van der Waals surface area (Å²) < 4.78 is 0. The van der Waals surface area contributed by atoms with Gasteiger partial charge in [0.1, 0.15) is 0 Å². The Morgan fingerprint density at radius 3 is 3.27 bits per heavy atom. The second kappa shape index (κ2) is 4.26. The zero-order valence-corrected chi connectivity index (χ0v) is 7.40.